The molecule has 0 fully saturated rings. The van der Waals surface area contributed by atoms with Gasteiger partial charge in [-0.2, -0.15) is 0 Å². The molecule has 0 unspecified atom stereocenters. The van der Waals surface area contributed by atoms with Crippen molar-refractivity contribution in [3.63, 3.8) is 0 Å². The van der Waals surface area contributed by atoms with Crippen LogP contribution in [0.3, 0.4) is 0 Å². The highest BCUT2D eigenvalue weighted by Gasteiger charge is 2.34. The summed E-state index contributed by atoms with van der Waals surface area (Å²) in [5.41, 5.74) is 0. The molecule has 0 amide bonds. The highest BCUT2D eigenvalue weighted by Crippen LogP contribution is 2.60. The Morgan fingerprint density at radius 2 is 1.50 bits per heavy atom. The summed E-state index contributed by atoms with van der Waals surface area (Å²) in [4.78, 5) is 0. The van der Waals surface area contributed by atoms with E-state index in [2.05, 4.69) is 33.4 Å². The molecule has 0 nitrogen and oxygen atoms in total. The van der Waals surface area contributed by atoms with Gasteiger partial charge in [-0.3, -0.25) is 0 Å². The molecule has 0 aromatic carbocycles. The molecule has 0 bridgehead atoms. The van der Waals surface area contributed by atoms with E-state index in [1.165, 1.54) is 18.5 Å². The Hall–Kier alpha value is 0.870. The quantitative estimate of drug-likeness (QED) is 0.408. The van der Waals surface area contributed by atoms with E-state index in [1.54, 1.807) is 0 Å². The third kappa shape index (κ3) is 2.18. The molecule has 0 saturated heterocycles. The summed E-state index contributed by atoms with van der Waals surface area (Å²) in [6.07, 6.45) is 3.67. The second kappa shape index (κ2) is 4.69. The first-order valence-corrected chi connectivity index (χ1v) is 6.92. The molecular formula is C7H16PS2+. The summed E-state index contributed by atoms with van der Waals surface area (Å²) < 4.78 is 0.986. The van der Waals surface area contributed by atoms with E-state index in [0.29, 0.717) is 0 Å². The summed E-state index contributed by atoms with van der Waals surface area (Å²) in [6, 6.07) is 0. The van der Waals surface area contributed by atoms with Crippen LogP contribution < -0.4 is 0 Å². The Morgan fingerprint density at radius 1 is 1.20 bits per heavy atom. The van der Waals surface area contributed by atoms with Gasteiger partial charge in [0, 0.05) is 0 Å². The zero-order valence-electron chi connectivity index (χ0n) is 6.92. The number of hydrogen-bond donors (Lipinski definition) is 1. The van der Waals surface area contributed by atoms with Crippen molar-refractivity contribution in [1.29, 1.82) is 0 Å². The molecule has 0 spiro atoms. The Labute approximate surface area is 75.5 Å². The Balaban J connectivity index is 4.31. The minimum atomic E-state index is -0.915. The molecule has 3 heteroatoms. The summed E-state index contributed by atoms with van der Waals surface area (Å²) in [5.74, 6) is 0. The number of hydrogen-bond acceptors (Lipinski definition) is 1. The largest absolute Gasteiger partial charge is 0.186 e. The SMILES string of the molecule is CC[P+](CC)(CC)C(=S)S. The maximum Gasteiger partial charge on any atom is 0.186 e. The highest BCUT2D eigenvalue weighted by molar-refractivity contribution is 8.31. The molecule has 0 atom stereocenters. The third-order valence-electron chi connectivity index (χ3n) is 2.22. The molecule has 0 aliphatic carbocycles. The maximum atomic E-state index is 5.14. The second-order valence-corrected chi connectivity index (χ2v) is 8.82. The number of thiocarbonyl (C=S) groups is 1. The van der Waals surface area contributed by atoms with Crippen LogP contribution in [0, 0.1) is 0 Å². The average Bonchev–Trinajstić information content (AvgIpc) is 1.92. The molecule has 10 heavy (non-hydrogen) atoms. The van der Waals surface area contributed by atoms with Crippen molar-refractivity contribution in [2.45, 2.75) is 20.8 Å². The molecule has 0 aliphatic heterocycles. The van der Waals surface area contributed by atoms with Gasteiger partial charge < -0.3 is 0 Å². The van der Waals surface area contributed by atoms with Gasteiger partial charge in [-0.25, -0.2) is 0 Å². The van der Waals surface area contributed by atoms with E-state index in [1.807, 2.05) is 0 Å². The van der Waals surface area contributed by atoms with Crippen molar-refractivity contribution in [3.8, 4) is 0 Å². The third-order valence-corrected chi connectivity index (χ3v) is 9.10. The van der Waals surface area contributed by atoms with Crippen LogP contribution >= 0.6 is 32.1 Å². The molecule has 0 heterocycles. The fourth-order valence-corrected chi connectivity index (χ4v) is 5.66. The monoisotopic (exact) mass is 195 g/mol. The van der Waals surface area contributed by atoms with Crippen LogP contribution in [0.4, 0.5) is 0 Å². The Kier molecular flexibility index (Phi) is 5.10. The summed E-state index contributed by atoms with van der Waals surface area (Å²) in [7, 11) is -0.915. The van der Waals surface area contributed by atoms with Crippen LogP contribution in [-0.4, -0.2) is 22.4 Å². The van der Waals surface area contributed by atoms with Gasteiger partial charge in [0.05, 0.1) is 25.7 Å². The standard InChI is InChI=1S/C7H15PS2/c1-4-8(5-2,6-3)7(9)10/h4-6H2,1-3H3/p+1. The van der Waals surface area contributed by atoms with Gasteiger partial charge in [-0.1, -0.05) is 12.6 Å². The number of thiol groups is 1. The predicted molar refractivity (Wildman–Crippen MR) is 60.1 cm³/mol. The van der Waals surface area contributed by atoms with E-state index < -0.39 is 7.26 Å². The molecule has 60 valence electrons. The lowest BCUT2D eigenvalue weighted by molar-refractivity contribution is 1.33. The van der Waals surface area contributed by atoms with Gasteiger partial charge in [-0.15, -0.1) is 0 Å². The van der Waals surface area contributed by atoms with Crippen LogP contribution in [0.15, 0.2) is 0 Å². The van der Waals surface area contributed by atoms with Gasteiger partial charge in [0.15, 0.2) is 3.94 Å². The molecule has 0 aromatic rings. The predicted octanol–water partition coefficient (Wildman–Crippen LogP) is 3.28. The van der Waals surface area contributed by atoms with Crippen LogP contribution in [0.5, 0.6) is 0 Å². The average molecular weight is 195 g/mol. The van der Waals surface area contributed by atoms with Crippen molar-refractivity contribution < 1.29 is 0 Å². The molecular weight excluding hydrogens is 179 g/mol. The maximum absolute atomic E-state index is 5.14. The fourth-order valence-electron chi connectivity index (χ4n) is 1.08. The fraction of sp³-hybridized carbons (Fsp3) is 0.857. The Bertz CT molecular complexity index is 111. The highest BCUT2D eigenvalue weighted by atomic mass is 32.1. The van der Waals surface area contributed by atoms with E-state index in [4.69, 9.17) is 12.2 Å². The van der Waals surface area contributed by atoms with Gasteiger partial charge in [0.1, 0.15) is 0 Å². The molecule has 0 aromatic heterocycles. The van der Waals surface area contributed by atoms with Crippen molar-refractivity contribution >= 4 is 36.0 Å². The molecule has 0 N–H and O–H groups in total. The van der Waals surface area contributed by atoms with E-state index in [0.717, 1.165) is 3.94 Å². The van der Waals surface area contributed by atoms with E-state index in [-0.39, 0.29) is 0 Å². The van der Waals surface area contributed by atoms with Crippen molar-refractivity contribution in [2.75, 3.05) is 18.5 Å². The smallest absolute Gasteiger partial charge is 0.0940 e. The second-order valence-electron chi connectivity index (χ2n) is 2.38. The van der Waals surface area contributed by atoms with Gasteiger partial charge in [0.2, 0.25) is 0 Å². The molecule has 0 saturated carbocycles. The van der Waals surface area contributed by atoms with Crippen LogP contribution in [-0.2, 0) is 0 Å². The van der Waals surface area contributed by atoms with Crippen LogP contribution in [0.1, 0.15) is 20.8 Å². The summed E-state index contributed by atoms with van der Waals surface area (Å²) in [6.45, 7) is 6.68. The normalized spacial score (nSPS) is 11.6. The molecule has 0 radical (unpaired) electrons. The van der Waals surface area contributed by atoms with Crippen molar-refractivity contribution in [3.05, 3.63) is 0 Å². The first kappa shape index (κ1) is 10.9. The Morgan fingerprint density at radius 3 is 1.50 bits per heavy atom. The lowest BCUT2D eigenvalue weighted by atomic mass is 10.9. The lowest BCUT2D eigenvalue weighted by Crippen LogP contribution is -2.07. The zero-order valence-corrected chi connectivity index (χ0v) is 9.53. The van der Waals surface area contributed by atoms with Crippen molar-refractivity contribution in [2.24, 2.45) is 0 Å². The number of rotatable bonds is 4. The molecule has 0 aliphatic rings. The zero-order chi connectivity index (χ0) is 8.20. The van der Waals surface area contributed by atoms with Crippen molar-refractivity contribution in [1.82, 2.24) is 0 Å². The topological polar surface area (TPSA) is 0 Å². The minimum Gasteiger partial charge on any atom is -0.0940 e. The summed E-state index contributed by atoms with van der Waals surface area (Å²) >= 11 is 9.44. The molecule has 0 rings (SSSR count). The van der Waals surface area contributed by atoms with Crippen LogP contribution in [0.2, 0.25) is 0 Å². The minimum absolute atomic E-state index is 0.915. The first-order chi connectivity index (χ1) is 4.63. The first-order valence-electron chi connectivity index (χ1n) is 3.72. The lowest BCUT2D eigenvalue weighted by Gasteiger charge is -2.20. The van der Waals surface area contributed by atoms with Gasteiger partial charge >= 0.3 is 0 Å². The van der Waals surface area contributed by atoms with E-state index >= 15 is 0 Å². The van der Waals surface area contributed by atoms with Gasteiger partial charge in [0.25, 0.3) is 0 Å². The van der Waals surface area contributed by atoms with E-state index in [9.17, 15) is 0 Å². The van der Waals surface area contributed by atoms with Gasteiger partial charge in [-0.05, 0) is 33.0 Å². The van der Waals surface area contributed by atoms with Crippen LogP contribution in [0.25, 0.3) is 0 Å². The summed E-state index contributed by atoms with van der Waals surface area (Å²) in [5, 5.41) is 0.